The molecule has 2 heteroatoms. The summed E-state index contributed by atoms with van der Waals surface area (Å²) in [4.78, 5) is 2.33. The van der Waals surface area contributed by atoms with E-state index in [0.29, 0.717) is 0 Å². The summed E-state index contributed by atoms with van der Waals surface area (Å²) in [5, 5.41) is 9.73. The fourth-order valence-electron chi connectivity index (χ4n) is 8.68. The number of para-hydroxylation sites is 1. The maximum absolute atomic E-state index is 6.40. The molecule has 262 valence electrons. The Kier molecular flexibility index (Phi) is 7.53. The van der Waals surface area contributed by atoms with Crippen LogP contribution in [-0.4, -0.2) is 0 Å². The zero-order valence-electron chi connectivity index (χ0n) is 30.6. The Morgan fingerprint density at radius 3 is 1.50 bits per heavy atom. The largest absolute Gasteiger partial charge is 0.456 e. The standard InChI is InChI=1S/C54H35NO/c1-2-13-36(14-3-1)37-25-29-40(30-26-37)55(42-33-34-47-46-20-10-11-24-51(46)56-52(47)35-42)41-31-27-39(28-32-41)53-49-21-8-6-18-44(49)45-19-7-9-22-50(45)54(53)48-23-12-16-38-15-4-5-17-43(38)48/h1-35H. The molecule has 11 aromatic rings. The summed E-state index contributed by atoms with van der Waals surface area (Å²) in [6.07, 6.45) is 0. The Bertz CT molecular complexity index is 3230. The van der Waals surface area contributed by atoms with Crippen molar-refractivity contribution in [2.45, 2.75) is 0 Å². The van der Waals surface area contributed by atoms with Crippen LogP contribution in [0, 0.1) is 0 Å². The maximum atomic E-state index is 6.40. The predicted molar refractivity (Wildman–Crippen MR) is 237 cm³/mol. The smallest absolute Gasteiger partial charge is 0.137 e. The second-order valence-corrected chi connectivity index (χ2v) is 14.4. The SMILES string of the molecule is c1ccc(-c2ccc(N(c3ccc(-c4c(-c5cccc6ccccc56)c5ccccc5c5ccccc45)cc3)c3ccc4c(c3)oc3ccccc34)cc2)cc1. The molecule has 0 bridgehead atoms. The molecular formula is C54H35NO. The molecule has 0 amide bonds. The normalized spacial score (nSPS) is 11.6. The van der Waals surface area contributed by atoms with Gasteiger partial charge in [-0.3, -0.25) is 0 Å². The highest BCUT2D eigenvalue weighted by atomic mass is 16.3. The van der Waals surface area contributed by atoms with Crippen molar-refractivity contribution in [1.29, 1.82) is 0 Å². The van der Waals surface area contributed by atoms with Gasteiger partial charge >= 0.3 is 0 Å². The van der Waals surface area contributed by atoms with Crippen LogP contribution in [-0.2, 0) is 0 Å². The number of furan rings is 1. The summed E-state index contributed by atoms with van der Waals surface area (Å²) in [5.41, 5.74) is 12.2. The van der Waals surface area contributed by atoms with Crippen LogP contribution in [0.25, 0.3) is 87.6 Å². The predicted octanol–water partition coefficient (Wildman–Crippen LogP) is 15.5. The van der Waals surface area contributed by atoms with E-state index >= 15 is 0 Å². The van der Waals surface area contributed by atoms with E-state index in [9.17, 15) is 0 Å². The minimum atomic E-state index is 0.869. The summed E-state index contributed by atoms with van der Waals surface area (Å²) in [5.74, 6) is 0. The maximum Gasteiger partial charge on any atom is 0.137 e. The third-order valence-electron chi connectivity index (χ3n) is 11.3. The van der Waals surface area contributed by atoms with Gasteiger partial charge in [-0.1, -0.05) is 164 Å². The lowest BCUT2D eigenvalue weighted by molar-refractivity contribution is 0.669. The van der Waals surface area contributed by atoms with Gasteiger partial charge in [0.2, 0.25) is 0 Å². The number of anilines is 3. The van der Waals surface area contributed by atoms with Crippen LogP contribution >= 0.6 is 0 Å². The van der Waals surface area contributed by atoms with Crippen molar-refractivity contribution in [3.05, 3.63) is 212 Å². The molecule has 0 aliphatic heterocycles. The number of benzene rings is 10. The van der Waals surface area contributed by atoms with Crippen molar-refractivity contribution in [3.63, 3.8) is 0 Å². The summed E-state index contributed by atoms with van der Waals surface area (Å²) >= 11 is 0. The van der Waals surface area contributed by atoms with E-state index in [4.69, 9.17) is 4.42 Å². The molecule has 56 heavy (non-hydrogen) atoms. The van der Waals surface area contributed by atoms with Gasteiger partial charge in [0.25, 0.3) is 0 Å². The number of hydrogen-bond acceptors (Lipinski definition) is 2. The van der Waals surface area contributed by atoms with Crippen LogP contribution in [0.5, 0.6) is 0 Å². The molecule has 0 radical (unpaired) electrons. The van der Waals surface area contributed by atoms with Crippen LogP contribution in [0.1, 0.15) is 0 Å². The zero-order valence-corrected chi connectivity index (χ0v) is 30.6. The summed E-state index contributed by atoms with van der Waals surface area (Å²) in [6.45, 7) is 0. The van der Waals surface area contributed by atoms with E-state index in [2.05, 4.69) is 205 Å². The second kappa shape index (κ2) is 13.2. The molecule has 0 aliphatic rings. The van der Waals surface area contributed by atoms with Gasteiger partial charge in [-0.05, 0) is 108 Å². The minimum absolute atomic E-state index is 0.869. The Morgan fingerprint density at radius 1 is 0.286 bits per heavy atom. The average Bonchev–Trinajstić information content (AvgIpc) is 3.65. The topological polar surface area (TPSA) is 16.4 Å². The molecule has 1 aromatic heterocycles. The quantitative estimate of drug-likeness (QED) is 0.160. The lowest BCUT2D eigenvalue weighted by Crippen LogP contribution is -2.09. The van der Waals surface area contributed by atoms with E-state index in [-0.39, 0.29) is 0 Å². The molecular weight excluding hydrogens is 679 g/mol. The number of nitrogens with zero attached hydrogens (tertiary/aromatic N) is 1. The van der Waals surface area contributed by atoms with E-state index in [0.717, 1.165) is 39.0 Å². The molecule has 2 nitrogen and oxygen atoms in total. The van der Waals surface area contributed by atoms with Gasteiger partial charge in [-0.25, -0.2) is 0 Å². The third-order valence-corrected chi connectivity index (χ3v) is 11.3. The van der Waals surface area contributed by atoms with Crippen molar-refractivity contribution in [3.8, 4) is 33.4 Å². The Balaban J connectivity index is 1.11. The van der Waals surface area contributed by atoms with Crippen LogP contribution in [0.4, 0.5) is 17.1 Å². The minimum Gasteiger partial charge on any atom is -0.456 e. The van der Waals surface area contributed by atoms with Crippen LogP contribution in [0.2, 0.25) is 0 Å². The van der Waals surface area contributed by atoms with Crippen LogP contribution < -0.4 is 4.90 Å². The molecule has 0 aliphatic carbocycles. The van der Waals surface area contributed by atoms with Crippen molar-refractivity contribution in [2.24, 2.45) is 0 Å². The number of hydrogen-bond donors (Lipinski definition) is 0. The van der Waals surface area contributed by atoms with Gasteiger partial charge in [0.05, 0.1) is 0 Å². The van der Waals surface area contributed by atoms with E-state index < -0.39 is 0 Å². The monoisotopic (exact) mass is 713 g/mol. The third kappa shape index (κ3) is 5.26. The molecule has 1 heterocycles. The van der Waals surface area contributed by atoms with Gasteiger partial charge in [0.1, 0.15) is 11.2 Å². The fourth-order valence-corrected chi connectivity index (χ4v) is 8.68. The second-order valence-electron chi connectivity index (χ2n) is 14.4. The van der Waals surface area contributed by atoms with Crippen molar-refractivity contribution < 1.29 is 4.42 Å². The van der Waals surface area contributed by atoms with Gasteiger partial charge < -0.3 is 9.32 Å². The van der Waals surface area contributed by atoms with Crippen LogP contribution in [0.3, 0.4) is 0 Å². The van der Waals surface area contributed by atoms with Crippen molar-refractivity contribution in [1.82, 2.24) is 0 Å². The average molecular weight is 714 g/mol. The van der Waals surface area contributed by atoms with Gasteiger partial charge in [-0.2, -0.15) is 0 Å². The fraction of sp³-hybridized carbons (Fsp3) is 0. The van der Waals surface area contributed by atoms with Crippen LogP contribution in [0.15, 0.2) is 217 Å². The molecule has 10 aromatic carbocycles. The highest BCUT2D eigenvalue weighted by molar-refractivity contribution is 6.23. The first-order valence-corrected chi connectivity index (χ1v) is 19.2. The first-order valence-electron chi connectivity index (χ1n) is 19.2. The van der Waals surface area contributed by atoms with Crippen molar-refractivity contribution >= 4 is 71.3 Å². The van der Waals surface area contributed by atoms with Gasteiger partial charge in [0.15, 0.2) is 0 Å². The first-order chi connectivity index (χ1) is 27.8. The molecule has 0 fully saturated rings. The number of fused-ring (bicyclic) bond motifs is 7. The van der Waals surface area contributed by atoms with E-state index in [1.54, 1.807) is 0 Å². The van der Waals surface area contributed by atoms with Gasteiger partial charge in [0, 0.05) is 33.9 Å². The summed E-state index contributed by atoms with van der Waals surface area (Å²) in [7, 11) is 0. The summed E-state index contributed by atoms with van der Waals surface area (Å²) < 4.78 is 6.40. The lowest BCUT2D eigenvalue weighted by Gasteiger charge is -2.26. The Hall–Kier alpha value is -7.42. The summed E-state index contributed by atoms with van der Waals surface area (Å²) in [6, 6.07) is 76.5. The molecule has 0 atom stereocenters. The lowest BCUT2D eigenvalue weighted by atomic mass is 9.83. The highest BCUT2D eigenvalue weighted by Gasteiger charge is 2.21. The Labute approximate surface area is 325 Å². The molecule has 0 saturated carbocycles. The molecule has 0 spiro atoms. The molecule has 11 rings (SSSR count). The van der Waals surface area contributed by atoms with E-state index in [1.807, 2.05) is 12.1 Å². The molecule has 0 unspecified atom stereocenters. The zero-order chi connectivity index (χ0) is 37.0. The first kappa shape index (κ1) is 32.0. The van der Waals surface area contributed by atoms with E-state index in [1.165, 1.54) is 65.7 Å². The number of rotatable bonds is 6. The highest BCUT2D eigenvalue weighted by Crippen LogP contribution is 2.47. The Morgan fingerprint density at radius 2 is 0.786 bits per heavy atom. The van der Waals surface area contributed by atoms with Gasteiger partial charge in [-0.15, -0.1) is 0 Å². The molecule has 0 saturated heterocycles. The molecule has 0 N–H and O–H groups in total. The van der Waals surface area contributed by atoms with Crippen molar-refractivity contribution in [2.75, 3.05) is 4.90 Å².